The summed E-state index contributed by atoms with van der Waals surface area (Å²) >= 11 is 0. The summed E-state index contributed by atoms with van der Waals surface area (Å²) in [7, 11) is 1.85. The number of likely N-dealkylation sites (N-methyl/N-ethyl adjacent to an activating group) is 1. The average molecular weight is 184 g/mol. The molecule has 2 fully saturated rings. The van der Waals surface area contributed by atoms with Gasteiger partial charge in [-0.05, 0) is 0 Å². The Bertz CT molecular complexity index is 220. The lowest BCUT2D eigenvalue weighted by atomic mass is 10.2. The second kappa shape index (κ2) is 3.16. The third kappa shape index (κ3) is 1.38. The average Bonchev–Trinajstić information content (AvgIpc) is 2.42. The Hall–Kier alpha value is -0.810. The van der Waals surface area contributed by atoms with Crippen molar-refractivity contribution in [3.63, 3.8) is 0 Å². The number of carbonyl (C=O) groups excluding carboxylic acids is 1. The molecule has 0 saturated carbocycles. The van der Waals surface area contributed by atoms with E-state index in [0.717, 1.165) is 26.2 Å². The van der Waals surface area contributed by atoms with E-state index in [1.165, 1.54) is 0 Å². The van der Waals surface area contributed by atoms with Crippen molar-refractivity contribution in [2.24, 2.45) is 5.73 Å². The number of hydrogen-bond acceptors (Lipinski definition) is 3. The third-order valence-electron chi connectivity index (χ3n) is 2.88. The van der Waals surface area contributed by atoms with Gasteiger partial charge in [-0.15, -0.1) is 0 Å². The molecule has 5 heteroatoms. The Balaban J connectivity index is 2.03. The van der Waals surface area contributed by atoms with Crippen LogP contribution in [-0.2, 0) is 0 Å². The zero-order valence-corrected chi connectivity index (χ0v) is 7.94. The predicted molar refractivity (Wildman–Crippen MR) is 49.1 cm³/mol. The van der Waals surface area contributed by atoms with Gasteiger partial charge >= 0.3 is 6.03 Å². The SMILES string of the molecule is CN1CC2CN(CN)CCN2C1=O. The van der Waals surface area contributed by atoms with Crippen molar-refractivity contribution in [2.75, 3.05) is 39.9 Å². The number of nitrogens with two attached hydrogens (primary N) is 1. The number of hydrogen-bond donors (Lipinski definition) is 1. The molecule has 2 amide bonds. The zero-order valence-electron chi connectivity index (χ0n) is 7.94. The highest BCUT2D eigenvalue weighted by Gasteiger charge is 2.38. The molecular weight excluding hydrogens is 168 g/mol. The number of amides is 2. The number of urea groups is 1. The van der Waals surface area contributed by atoms with E-state index in [1.807, 2.05) is 11.9 Å². The van der Waals surface area contributed by atoms with Crippen LogP contribution in [0.25, 0.3) is 0 Å². The molecule has 2 N–H and O–H groups in total. The molecule has 5 nitrogen and oxygen atoms in total. The molecule has 1 unspecified atom stereocenters. The van der Waals surface area contributed by atoms with Crippen molar-refractivity contribution in [3.8, 4) is 0 Å². The number of carbonyl (C=O) groups is 1. The van der Waals surface area contributed by atoms with Crippen molar-refractivity contribution in [1.82, 2.24) is 14.7 Å². The molecule has 2 aliphatic rings. The molecule has 2 saturated heterocycles. The minimum atomic E-state index is 0.168. The Morgan fingerprint density at radius 2 is 2.23 bits per heavy atom. The summed E-state index contributed by atoms with van der Waals surface area (Å²) in [4.78, 5) is 17.5. The molecular formula is C8H16N4O. The molecule has 0 aromatic carbocycles. The molecule has 0 aliphatic carbocycles. The molecule has 0 radical (unpaired) electrons. The van der Waals surface area contributed by atoms with Gasteiger partial charge in [0.25, 0.3) is 0 Å². The maximum atomic E-state index is 11.5. The van der Waals surface area contributed by atoms with Crippen molar-refractivity contribution in [2.45, 2.75) is 6.04 Å². The Labute approximate surface area is 78.1 Å². The summed E-state index contributed by atoms with van der Waals surface area (Å²) in [5, 5.41) is 0. The van der Waals surface area contributed by atoms with Crippen LogP contribution in [0, 0.1) is 0 Å². The highest BCUT2D eigenvalue weighted by atomic mass is 16.2. The van der Waals surface area contributed by atoms with Gasteiger partial charge in [-0.1, -0.05) is 0 Å². The van der Waals surface area contributed by atoms with Gasteiger partial charge in [0.1, 0.15) is 0 Å². The fourth-order valence-electron chi connectivity index (χ4n) is 2.11. The number of fused-ring (bicyclic) bond motifs is 1. The summed E-state index contributed by atoms with van der Waals surface area (Å²) in [5.41, 5.74) is 5.56. The molecule has 0 aromatic rings. The van der Waals surface area contributed by atoms with E-state index in [9.17, 15) is 4.79 Å². The summed E-state index contributed by atoms with van der Waals surface area (Å²) in [5.74, 6) is 0. The van der Waals surface area contributed by atoms with E-state index in [0.29, 0.717) is 12.7 Å². The minimum Gasteiger partial charge on any atom is -0.326 e. The molecule has 2 heterocycles. The van der Waals surface area contributed by atoms with E-state index >= 15 is 0 Å². The predicted octanol–water partition coefficient (Wildman–Crippen LogP) is -1.05. The van der Waals surface area contributed by atoms with E-state index < -0.39 is 0 Å². The highest BCUT2D eigenvalue weighted by molar-refractivity contribution is 5.77. The summed E-state index contributed by atoms with van der Waals surface area (Å²) in [6, 6.07) is 0.525. The van der Waals surface area contributed by atoms with E-state index in [2.05, 4.69) is 4.90 Å². The third-order valence-corrected chi connectivity index (χ3v) is 2.88. The molecule has 0 aromatic heterocycles. The maximum Gasteiger partial charge on any atom is 0.320 e. The highest BCUT2D eigenvalue weighted by Crippen LogP contribution is 2.18. The zero-order chi connectivity index (χ0) is 9.42. The first-order valence-corrected chi connectivity index (χ1v) is 4.66. The van der Waals surface area contributed by atoms with Crippen molar-refractivity contribution >= 4 is 6.03 Å². The second-order valence-electron chi connectivity index (χ2n) is 3.77. The van der Waals surface area contributed by atoms with Crippen molar-refractivity contribution in [1.29, 1.82) is 0 Å². The van der Waals surface area contributed by atoms with Crippen LogP contribution in [0.5, 0.6) is 0 Å². The van der Waals surface area contributed by atoms with Crippen LogP contribution in [-0.4, -0.2) is 66.7 Å². The Kier molecular flexibility index (Phi) is 2.13. The standard InChI is InChI=1S/C8H16N4O/c1-10-4-7-5-11(6-9)2-3-12(7)8(10)13/h7H,2-6,9H2,1H3. The molecule has 2 rings (SSSR count). The Morgan fingerprint density at radius 3 is 2.92 bits per heavy atom. The van der Waals surface area contributed by atoms with Gasteiger partial charge in [0, 0.05) is 39.9 Å². The lowest BCUT2D eigenvalue weighted by Crippen LogP contribution is -2.53. The lowest BCUT2D eigenvalue weighted by Gasteiger charge is -2.35. The first kappa shape index (κ1) is 8.77. The monoisotopic (exact) mass is 184 g/mol. The van der Waals surface area contributed by atoms with Crippen LogP contribution in [0.15, 0.2) is 0 Å². The van der Waals surface area contributed by atoms with Crippen LogP contribution >= 0.6 is 0 Å². The van der Waals surface area contributed by atoms with Gasteiger partial charge in [0.15, 0.2) is 0 Å². The molecule has 0 bridgehead atoms. The molecule has 13 heavy (non-hydrogen) atoms. The molecule has 1 atom stereocenters. The van der Waals surface area contributed by atoms with E-state index in [-0.39, 0.29) is 6.03 Å². The number of rotatable bonds is 1. The molecule has 74 valence electrons. The van der Waals surface area contributed by atoms with E-state index in [1.54, 1.807) is 4.90 Å². The summed E-state index contributed by atoms with van der Waals surface area (Å²) in [6.45, 7) is 4.10. The van der Waals surface area contributed by atoms with Gasteiger partial charge < -0.3 is 15.5 Å². The summed E-state index contributed by atoms with van der Waals surface area (Å²) < 4.78 is 0. The molecule has 2 aliphatic heterocycles. The number of nitrogens with zero attached hydrogens (tertiary/aromatic N) is 3. The normalized spacial score (nSPS) is 29.7. The lowest BCUT2D eigenvalue weighted by molar-refractivity contribution is 0.123. The van der Waals surface area contributed by atoms with Crippen LogP contribution < -0.4 is 5.73 Å². The fourth-order valence-corrected chi connectivity index (χ4v) is 2.11. The van der Waals surface area contributed by atoms with Gasteiger partial charge in [0.05, 0.1) is 6.04 Å². The van der Waals surface area contributed by atoms with Crippen LogP contribution in [0.2, 0.25) is 0 Å². The van der Waals surface area contributed by atoms with Crippen molar-refractivity contribution in [3.05, 3.63) is 0 Å². The van der Waals surface area contributed by atoms with Crippen LogP contribution in [0.3, 0.4) is 0 Å². The second-order valence-corrected chi connectivity index (χ2v) is 3.77. The quantitative estimate of drug-likeness (QED) is 0.566. The largest absolute Gasteiger partial charge is 0.326 e. The maximum absolute atomic E-state index is 11.5. The fraction of sp³-hybridized carbons (Fsp3) is 0.875. The van der Waals surface area contributed by atoms with Gasteiger partial charge in [-0.3, -0.25) is 4.90 Å². The summed E-state index contributed by atoms with van der Waals surface area (Å²) in [6.07, 6.45) is 0. The van der Waals surface area contributed by atoms with Crippen LogP contribution in [0.4, 0.5) is 4.79 Å². The van der Waals surface area contributed by atoms with Gasteiger partial charge in [-0.25, -0.2) is 4.79 Å². The number of piperazine rings is 1. The van der Waals surface area contributed by atoms with Crippen molar-refractivity contribution < 1.29 is 4.79 Å². The topological polar surface area (TPSA) is 52.8 Å². The minimum absolute atomic E-state index is 0.168. The molecule has 0 spiro atoms. The Morgan fingerprint density at radius 1 is 1.46 bits per heavy atom. The van der Waals surface area contributed by atoms with Crippen LogP contribution in [0.1, 0.15) is 0 Å². The first-order valence-electron chi connectivity index (χ1n) is 4.66. The van der Waals surface area contributed by atoms with E-state index in [4.69, 9.17) is 5.73 Å². The first-order chi connectivity index (χ1) is 6.22. The van der Waals surface area contributed by atoms with Gasteiger partial charge in [-0.2, -0.15) is 0 Å². The smallest absolute Gasteiger partial charge is 0.320 e. The van der Waals surface area contributed by atoms with Gasteiger partial charge in [0.2, 0.25) is 0 Å².